The smallest absolute Gasteiger partial charge is 0.248 e. The molecule has 2 atom stereocenters. The Morgan fingerprint density at radius 1 is 1.58 bits per heavy atom. The van der Waals surface area contributed by atoms with Gasteiger partial charge in [-0.1, -0.05) is 13.0 Å². The third kappa shape index (κ3) is 4.25. The number of carbonyl (C=O) groups is 3. The molecule has 2 heterocycles. The van der Waals surface area contributed by atoms with Crippen molar-refractivity contribution in [2.45, 2.75) is 25.8 Å². The van der Waals surface area contributed by atoms with Crippen LogP contribution in [0.3, 0.4) is 0 Å². The fraction of sp³-hybridized carbons (Fsp3) is 0.467. The van der Waals surface area contributed by atoms with Crippen molar-refractivity contribution in [2.75, 3.05) is 18.4 Å². The van der Waals surface area contributed by atoms with Crippen LogP contribution in [0.4, 0.5) is 10.2 Å². The molecule has 2 rings (SSSR count). The van der Waals surface area contributed by atoms with Gasteiger partial charge < -0.3 is 10.2 Å². The molecule has 0 saturated carbocycles. The number of halogens is 1. The average Bonchev–Trinajstić information content (AvgIpc) is 3.03. The summed E-state index contributed by atoms with van der Waals surface area (Å²) in [6.45, 7) is 1.82. The molecule has 130 valence electrons. The summed E-state index contributed by atoms with van der Waals surface area (Å²) in [4.78, 5) is 40.2. The van der Waals surface area contributed by atoms with Crippen LogP contribution in [0.2, 0.25) is 0 Å². The van der Waals surface area contributed by atoms with Gasteiger partial charge in [-0.2, -0.15) is 4.39 Å². The van der Waals surface area contributed by atoms with Crippen LogP contribution in [0.5, 0.6) is 0 Å². The number of nitrogens with zero attached hydrogens (tertiary/aromatic N) is 3. The van der Waals surface area contributed by atoms with Crippen molar-refractivity contribution in [1.29, 1.82) is 0 Å². The molecule has 2 N–H and O–H groups in total. The lowest BCUT2D eigenvalue weighted by Crippen LogP contribution is -2.47. The molecule has 0 spiro atoms. The summed E-state index contributed by atoms with van der Waals surface area (Å²) in [7, 11) is 0. The second-order valence-corrected chi connectivity index (χ2v) is 5.65. The Balaban J connectivity index is 2.02. The van der Waals surface area contributed by atoms with E-state index >= 15 is 0 Å². The molecule has 0 aliphatic carbocycles. The molecule has 1 aromatic heterocycles. The number of rotatable bonds is 6. The van der Waals surface area contributed by atoms with Gasteiger partial charge in [-0.3, -0.25) is 19.6 Å². The first-order valence-electron chi connectivity index (χ1n) is 7.57. The lowest BCUT2D eigenvalue weighted by Gasteiger charge is -2.27. The predicted octanol–water partition coefficient (Wildman–Crippen LogP) is 0.634. The van der Waals surface area contributed by atoms with E-state index in [1.165, 1.54) is 17.0 Å². The monoisotopic (exact) mass is 338 g/mol. The lowest BCUT2D eigenvalue weighted by molar-refractivity contribution is -0.156. The Morgan fingerprint density at radius 2 is 2.33 bits per heavy atom. The van der Waals surface area contributed by atoms with Crippen molar-refractivity contribution in [3.05, 3.63) is 24.1 Å². The molecule has 8 nitrogen and oxygen atoms in total. The fourth-order valence-electron chi connectivity index (χ4n) is 2.68. The van der Waals surface area contributed by atoms with Gasteiger partial charge in [0.05, 0.1) is 12.5 Å². The summed E-state index contributed by atoms with van der Waals surface area (Å²) in [5, 5.41) is 12.1. The summed E-state index contributed by atoms with van der Waals surface area (Å²) in [6.07, 6.45) is 1.35. The van der Waals surface area contributed by atoms with E-state index in [1.807, 2.05) is 0 Å². The first kappa shape index (κ1) is 17.8. The largest absolute Gasteiger partial charge is 0.330 e. The SMILES string of the molecule is C[C@H](CN(O)C=O)C(=O)N1CCC[C@H]1C(=O)Nc1cccc(F)n1. The van der Waals surface area contributed by atoms with Crippen molar-refractivity contribution < 1.29 is 24.0 Å². The summed E-state index contributed by atoms with van der Waals surface area (Å²) < 4.78 is 13.1. The number of anilines is 1. The van der Waals surface area contributed by atoms with Crippen LogP contribution >= 0.6 is 0 Å². The number of carbonyl (C=O) groups excluding carboxylic acids is 3. The van der Waals surface area contributed by atoms with Gasteiger partial charge in [-0.05, 0) is 25.0 Å². The summed E-state index contributed by atoms with van der Waals surface area (Å²) in [5.74, 6) is -2.06. The van der Waals surface area contributed by atoms with Crippen LogP contribution in [0.15, 0.2) is 18.2 Å². The highest BCUT2D eigenvalue weighted by Crippen LogP contribution is 2.21. The number of hydrogen-bond donors (Lipinski definition) is 2. The van der Waals surface area contributed by atoms with Gasteiger partial charge in [0.15, 0.2) is 0 Å². The zero-order valence-electron chi connectivity index (χ0n) is 13.2. The van der Waals surface area contributed by atoms with E-state index in [0.717, 1.165) is 6.07 Å². The van der Waals surface area contributed by atoms with Crippen LogP contribution in [0.1, 0.15) is 19.8 Å². The minimum atomic E-state index is -0.710. The van der Waals surface area contributed by atoms with E-state index in [9.17, 15) is 24.0 Å². The standard InChI is InChI=1S/C15H19FN4O4/c1-10(8-19(24)9-21)15(23)20-7-3-4-11(20)14(22)18-13-6-2-5-12(16)17-13/h2,5-6,9-11,24H,3-4,7-8H2,1H3,(H,17,18,22)/t10-,11+/m1/s1. The highest BCUT2D eigenvalue weighted by Gasteiger charge is 2.36. The number of aromatic nitrogens is 1. The maximum absolute atomic E-state index is 13.1. The molecule has 0 aromatic carbocycles. The Hall–Kier alpha value is -2.55. The number of hydroxylamine groups is 2. The molecule has 1 aliphatic rings. The number of likely N-dealkylation sites (tertiary alicyclic amines) is 1. The summed E-state index contributed by atoms with van der Waals surface area (Å²) >= 11 is 0. The van der Waals surface area contributed by atoms with Gasteiger partial charge in [-0.25, -0.2) is 10.0 Å². The molecule has 24 heavy (non-hydrogen) atoms. The van der Waals surface area contributed by atoms with Gasteiger partial charge in [0.2, 0.25) is 24.2 Å². The average molecular weight is 338 g/mol. The molecule has 0 unspecified atom stereocenters. The van der Waals surface area contributed by atoms with Crippen molar-refractivity contribution in [3.8, 4) is 0 Å². The lowest BCUT2D eigenvalue weighted by atomic mass is 10.1. The van der Waals surface area contributed by atoms with Crippen molar-refractivity contribution >= 4 is 24.0 Å². The van der Waals surface area contributed by atoms with E-state index in [1.54, 1.807) is 6.92 Å². The van der Waals surface area contributed by atoms with E-state index < -0.39 is 23.8 Å². The van der Waals surface area contributed by atoms with Crippen molar-refractivity contribution in [1.82, 2.24) is 14.9 Å². The van der Waals surface area contributed by atoms with Crippen LogP contribution < -0.4 is 5.32 Å². The highest BCUT2D eigenvalue weighted by molar-refractivity contribution is 5.97. The number of nitrogens with one attached hydrogen (secondary N) is 1. The topological polar surface area (TPSA) is 103 Å². The molecular weight excluding hydrogens is 319 g/mol. The minimum absolute atomic E-state index is 0.0786. The molecule has 9 heteroatoms. The van der Waals surface area contributed by atoms with E-state index in [2.05, 4.69) is 10.3 Å². The third-order valence-electron chi connectivity index (χ3n) is 3.81. The maximum Gasteiger partial charge on any atom is 0.248 e. The number of amides is 3. The zero-order chi connectivity index (χ0) is 17.7. The molecule has 1 saturated heterocycles. The Kier molecular flexibility index (Phi) is 5.80. The van der Waals surface area contributed by atoms with Crippen LogP contribution in [0.25, 0.3) is 0 Å². The Morgan fingerprint density at radius 3 is 3.00 bits per heavy atom. The second-order valence-electron chi connectivity index (χ2n) is 5.65. The number of hydrogen-bond acceptors (Lipinski definition) is 5. The fourth-order valence-corrected chi connectivity index (χ4v) is 2.68. The van der Waals surface area contributed by atoms with E-state index in [0.29, 0.717) is 24.4 Å². The molecule has 0 bridgehead atoms. The quantitative estimate of drug-likeness (QED) is 0.343. The minimum Gasteiger partial charge on any atom is -0.330 e. The molecule has 0 radical (unpaired) electrons. The van der Waals surface area contributed by atoms with Crippen LogP contribution in [-0.4, -0.2) is 57.5 Å². The van der Waals surface area contributed by atoms with Gasteiger partial charge in [0, 0.05) is 6.54 Å². The molecule has 1 fully saturated rings. The molecule has 1 aromatic rings. The van der Waals surface area contributed by atoms with E-state index in [4.69, 9.17) is 0 Å². The van der Waals surface area contributed by atoms with Gasteiger partial charge in [0.25, 0.3) is 0 Å². The maximum atomic E-state index is 13.1. The van der Waals surface area contributed by atoms with Crippen molar-refractivity contribution in [3.63, 3.8) is 0 Å². The van der Waals surface area contributed by atoms with E-state index in [-0.39, 0.29) is 24.7 Å². The molecule has 1 aliphatic heterocycles. The van der Waals surface area contributed by atoms with Gasteiger partial charge >= 0.3 is 0 Å². The second kappa shape index (κ2) is 7.82. The third-order valence-corrected chi connectivity index (χ3v) is 3.81. The number of pyridine rings is 1. The van der Waals surface area contributed by atoms with Crippen LogP contribution in [-0.2, 0) is 14.4 Å². The Labute approximate surface area is 138 Å². The van der Waals surface area contributed by atoms with Crippen molar-refractivity contribution in [2.24, 2.45) is 5.92 Å². The predicted molar refractivity (Wildman–Crippen MR) is 81.3 cm³/mol. The van der Waals surface area contributed by atoms with Crippen LogP contribution in [0, 0.1) is 11.9 Å². The molecule has 3 amide bonds. The first-order chi connectivity index (χ1) is 11.4. The highest BCUT2D eigenvalue weighted by atomic mass is 19.1. The molecular formula is C15H19FN4O4. The summed E-state index contributed by atoms with van der Waals surface area (Å²) in [5.41, 5.74) is 0. The summed E-state index contributed by atoms with van der Waals surface area (Å²) in [6, 6.07) is 3.36. The van der Waals surface area contributed by atoms with Gasteiger partial charge in [0.1, 0.15) is 11.9 Å². The zero-order valence-corrected chi connectivity index (χ0v) is 13.2. The normalized spacial score (nSPS) is 18.1. The first-order valence-corrected chi connectivity index (χ1v) is 7.57. The van der Waals surface area contributed by atoms with Gasteiger partial charge in [-0.15, -0.1) is 0 Å². The Bertz CT molecular complexity index is 627.